The summed E-state index contributed by atoms with van der Waals surface area (Å²) in [6, 6.07) is 0. The summed E-state index contributed by atoms with van der Waals surface area (Å²) < 4.78 is 0. The van der Waals surface area contributed by atoms with Crippen LogP contribution in [0.3, 0.4) is 0 Å². The van der Waals surface area contributed by atoms with Crippen molar-refractivity contribution >= 4 is 5.91 Å². The van der Waals surface area contributed by atoms with Crippen LogP contribution < -0.4 is 10.6 Å². The van der Waals surface area contributed by atoms with Crippen molar-refractivity contribution in [3.63, 3.8) is 0 Å². The van der Waals surface area contributed by atoms with E-state index in [0.29, 0.717) is 6.54 Å². The van der Waals surface area contributed by atoms with Crippen LogP contribution in [0.1, 0.15) is 46.0 Å². The van der Waals surface area contributed by atoms with Crippen molar-refractivity contribution in [2.45, 2.75) is 46.0 Å². The van der Waals surface area contributed by atoms with Crippen molar-refractivity contribution in [1.82, 2.24) is 10.6 Å². The number of aliphatic hydroxyl groups excluding tert-OH is 1. The Morgan fingerprint density at radius 3 is 2.39 bits per heavy atom. The lowest BCUT2D eigenvalue weighted by Crippen LogP contribution is -2.46. The molecule has 106 valence electrons. The molecule has 0 aromatic carbocycles. The van der Waals surface area contributed by atoms with E-state index in [0.717, 1.165) is 19.4 Å². The molecule has 0 aliphatic heterocycles. The smallest absolute Gasteiger partial charge is 0.226 e. The van der Waals surface area contributed by atoms with Gasteiger partial charge in [0.2, 0.25) is 5.91 Å². The van der Waals surface area contributed by atoms with E-state index in [-0.39, 0.29) is 17.9 Å². The molecule has 4 nitrogen and oxygen atoms in total. The summed E-state index contributed by atoms with van der Waals surface area (Å²) in [6.45, 7) is 5.58. The topological polar surface area (TPSA) is 61.4 Å². The van der Waals surface area contributed by atoms with E-state index in [4.69, 9.17) is 0 Å². The molecule has 0 aromatic rings. The van der Waals surface area contributed by atoms with E-state index in [1.54, 1.807) is 7.05 Å². The second-order valence-electron chi connectivity index (χ2n) is 6.29. The number of nitrogens with one attached hydrogen (secondary N) is 2. The van der Waals surface area contributed by atoms with Crippen LogP contribution in [0.15, 0.2) is 0 Å². The average Bonchev–Trinajstić information content (AvgIpc) is 2.38. The van der Waals surface area contributed by atoms with Gasteiger partial charge in [-0.2, -0.15) is 0 Å². The molecule has 1 saturated carbocycles. The van der Waals surface area contributed by atoms with Crippen LogP contribution in [-0.2, 0) is 4.79 Å². The van der Waals surface area contributed by atoms with Gasteiger partial charge in [0.25, 0.3) is 0 Å². The Morgan fingerprint density at radius 1 is 1.28 bits per heavy atom. The Morgan fingerprint density at radius 2 is 1.89 bits per heavy atom. The Labute approximate surface area is 111 Å². The molecule has 1 rings (SSSR count). The molecule has 4 heteroatoms. The lowest BCUT2D eigenvalue weighted by molar-refractivity contribution is -0.128. The molecule has 0 radical (unpaired) electrons. The summed E-state index contributed by atoms with van der Waals surface area (Å²) in [6.07, 6.45) is 5.89. The normalized spacial score (nSPS) is 19.6. The van der Waals surface area contributed by atoms with Crippen molar-refractivity contribution in [3.8, 4) is 0 Å². The lowest BCUT2D eigenvalue weighted by atomic mass is 9.74. The van der Waals surface area contributed by atoms with Crippen molar-refractivity contribution in [3.05, 3.63) is 0 Å². The first-order valence-electron chi connectivity index (χ1n) is 7.00. The highest BCUT2D eigenvalue weighted by Crippen LogP contribution is 2.35. The van der Waals surface area contributed by atoms with Crippen molar-refractivity contribution in [2.75, 3.05) is 26.7 Å². The van der Waals surface area contributed by atoms with Gasteiger partial charge in [-0.15, -0.1) is 0 Å². The fourth-order valence-corrected chi connectivity index (χ4v) is 2.75. The molecule has 0 saturated heterocycles. The first-order chi connectivity index (χ1) is 8.46. The number of carbonyl (C=O) groups excluding carboxylic acids is 1. The zero-order valence-electron chi connectivity index (χ0n) is 12.0. The zero-order valence-corrected chi connectivity index (χ0v) is 12.0. The zero-order chi connectivity index (χ0) is 13.6. The summed E-state index contributed by atoms with van der Waals surface area (Å²) in [4.78, 5) is 11.7. The molecule has 1 aliphatic carbocycles. The van der Waals surface area contributed by atoms with Gasteiger partial charge in [-0.25, -0.2) is 0 Å². The fraction of sp³-hybridized carbons (Fsp3) is 0.929. The molecule has 0 unspecified atom stereocenters. The molecule has 0 spiro atoms. The molecule has 3 N–H and O–H groups in total. The summed E-state index contributed by atoms with van der Waals surface area (Å²) in [5, 5.41) is 15.7. The quantitative estimate of drug-likeness (QED) is 0.671. The van der Waals surface area contributed by atoms with Gasteiger partial charge in [0, 0.05) is 32.2 Å². The average molecular weight is 256 g/mol. The molecule has 1 fully saturated rings. The number of hydrogen-bond donors (Lipinski definition) is 3. The highest BCUT2D eigenvalue weighted by molar-refractivity contribution is 5.81. The van der Waals surface area contributed by atoms with Gasteiger partial charge in [-0.1, -0.05) is 19.3 Å². The van der Waals surface area contributed by atoms with E-state index in [1.807, 2.05) is 13.8 Å². The van der Waals surface area contributed by atoms with E-state index in [1.165, 1.54) is 19.3 Å². The molecule has 0 bridgehead atoms. The van der Waals surface area contributed by atoms with E-state index >= 15 is 0 Å². The summed E-state index contributed by atoms with van der Waals surface area (Å²) >= 11 is 0. The first kappa shape index (κ1) is 15.4. The minimum absolute atomic E-state index is 0.0387. The predicted molar refractivity (Wildman–Crippen MR) is 73.3 cm³/mol. The molecule has 0 atom stereocenters. The maximum Gasteiger partial charge on any atom is 0.226 e. The third-order valence-corrected chi connectivity index (χ3v) is 4.16. The third kappa shape index (κ3) is 3.95. The third-order valence-electron chi connectivity index (χ3n) is 4.16. The van der Waals surface area contributed by atoms with Crippen LogP contribution in [0.5, 0.6) is 0 Å². The van der Waals surface area contributed by atoms with E-state index in [9.17, 15) is 9.90 Å². The maximum atomic E-state index is 11.7. The standard InChI is InChI=1S/C14H28N2O2/c1-13(2,12(18)15-3)9-16-10-14(11-17)7-5-4-6-8-14/h16-17H,4-11H2,1-3H3,(H,15,18). The van der Waals surface area contributed by atoms with Gasteiger partial charge in [0.15, 0.2) is 0 Å². The van der Waals surface area contributed by atoms with Gasteiger partial charge >= 0.3 is 0 Å². The van der Waals surface area contributed by atoms with Gasteiger partial charge in [-0.3, -0.25) is 4.79 Å². The number of hydrogen-bond acceptors (Lipinski definition) is 3. The van der Waals surface area contributed by atoms with Crippen LogP contribution in [-0.4, -0.2) is 37.8 Å². The second kappa shape index (κ2) is 6.53. The van der Waals surface area contributed by atoms with Crippen LogP contribution >= 0.6 is 0 Å². The minimum Gasteiger partial charge on any atom is -0.396 e. The number of rotatable bonds is 6. The van der Waals surface area contributed by atoms with Crippen molar-refractivity contribution < 1.29 is 9.90 Å². The SMILES string of the molecule is CNC(=O)C(C)(C)CNCC1(CO)CCCCC1. The van der Waals surface area contributed by atoms with Gasteiger partial charge < -0.3 is 15.7 Å². The number of carbonyl (C=O) groups is 1. The summed E-state index contributed by atoms with van der Waals surface area (Å²) in [7, 11) is 1.67. The van der Waals surface area contributed by atoms with Crippen LogP contribution in [0.25, 0.3) is 0 Å². The first-order valence-corrected chi connectivity index (χ1v) is 7.00. The second-order valence-corrected chi connectivity index (χ2v) is 6.29. The molecule has 1 aliphatic rings. The van der Waals surface area contributed by atoms with Gasteiger partial charge in [0.1, 0.15) is 0 Å². The van der Waals surface area contributed by atoms with Crippen LogP contribution in [0.4, 0.5) is 0 Å². The molecule has 18 heavy (non-hydrogen) atoms. The van der Waals surface area contributed by atoms with Crippen molar-refractivity contribution in [1.29, 1.82) is 0 Å². The monoisotopic (exact) mass is 256 g/mol. The molecular formula is C14H28N2O2. The lowest BCUT2D eigenvalue weighted by Gasteiger charge is -2.36. The Hall–Kier alpha value is -0.610. The summed E-state index contributed by atoms with van der Waals surface area (Å²) in [5.41, 5.74) is -0.364. The Kier molecular flexibility index (Phi) is 5.60. The van der Waals surface area contributed by atoms with Gasteiger partial charge in [0.05, 0.1) is 5.41 Å². The molecular weight excluding hydrogens is 228 g/mol. The van der Waals surface area contributed by atoms with Gasteiger partial charge in [-0.05, 0) is 26.7 Å². The molecule has 1 amide bonds. The van der Waals surface area contributed by atoms with E-state index in [2.05, 4.69) is 10.6 Å². The Balaban J connectivity index is 2.42. The highest BCUT2D eigenvalue weighted by Gasteiger charge is 2.32. The van der Waals surface area contributed by atoms with Crippen LogP contribution in [0, 0.1) is 10.8 Å². The Bertz CT molecular complexity index is 271. The number of aliphatic hydroxyl groups is 1. The predicted octanol–water partition coefficient (Wildman–Crippen LogP) is 1.29. The van der Waals surface area contributed by atoms with Crippen LogP contribution in [0.2, 0.25) is 0 Å². The fourth-order valence-electron chi connectivity index (χ4n) is 2.75. The number of amides is 1. The molecule has 0 heterocycles. The van der Waals surface area contributed by atoms with E-state index < -0.39 is 5.41 Å². The summed E-state index contributed by atoms with van der Waals surface area (Å²) in [5.74, 6) is 0.0525. The molecule has 0 aromatic heterocycles. The largest absolute Gasteiger partial charge is 0.396 e. The van der Waals surface area contributed by atoms with Crippen molar-refractivity contribution in [2.24, 2.45) is 10.8 Å². The maximum absolute atomic E-state index is 11.7. The highest BCUT2D eigenvalue weighted by atomic mass is 16.3. The minimum atomic E-state index is -0.403.